The Kier molecular flexibility index (Phi) is 4.82. The summed E-state index contributed by atoms with van der Waals surface area (Å²) in [5, 5.41) is 10.3. The van der Waals surface area contributed by atoms with E-state index in [0.717, 1.165) is 17.9 Å². The first-order valence-corrected chi connectivity index (χ1v) is 9.46. The lowest BCUT2D eigenvalue weighted by atomic mass is 10.0. The van der Waals surface area contributed by atoms with Gasteiger partial charge in [0.1, 0.15) is 17.6 Å². The number of hydrogen-bond acceptors (Lipinski definition) is 5. The van der Waals surface area contributed by atoms with Gasteiger partial charge in [-0.25, -0.2) is 4.98 Å². The van der Waals surface area contributed by atoms with E-state index in [1.807, 2.05) is 7.05 Å². The van der Waals surface area contributed by atoms with Gasteiger partial charge < -0.3 is 14.2 Å². The predicted molar refractivity (Wildman–Crippen MR) is 105 cm³/mol. The Balaban J connectivity index is 1.80. The van der Waals surface area contributed by atoms with Crippen LogP contribution in [-0.2, 0) is 20.0 Å². The number of nitrogens with zero attached hydrogens (tertiary/aromatic N) is 5. The number of anilines is 1. The molecule has 0 fully saturated rings. The normalized spacial score (nSPS) is 13.8. The number of alkyl halides is 2. The molecule has 0 amide bonds. The van der Waals surface area contributed by atoms with Crippen molar-refractivity contribution >= 4 is 16.6 Å². The molecule has 0 radical (unpaired) electrons. The Hall–Kier alpha value is -3.21. The highest BCUT2D eigenvalue weighted by Crippen LogP contribution is 2.35. The van der Waals surface area contributed by atoms with Crippen molar-refractivity contribution in [3.05, 3.63) is 47.2 Å². The van der Waals surface area contributed by atoms with Gasteiger partial charge in [0, 0.05) is 43.2 Å². The maximum absolute atomic E-state index is 12.7. The fourth-order valence-electron chi connectivity index (χ4n) is 4.01. The second-order valence-electron chi connectivity index (χ2n) is 7.44. The summed E-state index contributed by atoms with van der Waals surface area (Å²) < 4.78 is 32.1. The highest BCUT2D eigenvalue weighted by atomic mass is 19.3. The van der Waals surface area contributed by atoms with Crippen LogP contribution in [0, 0.1) is 11.3 Å². The second-order valence-corrected chi connectivity index (χ2v) is 7.44. The zero-order valence-electron chi connectivity index (χ0n) is 16.5. The van der Waals surface area contributed by atoms with E-state index in [1.54, 1.807) is 6.07 Å². The second kappa shape index (κ2) is 7.32. The average Bonchev–Trinajstić information content (AvgIpc) is 3.02. The number of rotatable bonds is 4. The third kappa shape index (κ3) is 3.37. The van der Waals surface area contributed by atoms with Gasteiger partial charge in [0.05, 0.1) is 29.0 Å². The molecule has 29 heavy (non-hydrogen) atoms. The smallest absolute Gasteiger partial charge is 0.387 e. The van der Waals surface area contributed by atoms with E-state index in [-0.39, 0.29) is 5.75 Å². The molecule has 0 spiro atoms. The van der Waals surface area contributed by atoms with Crippen LogP contribution in [0.2, 0.25) is 0 Å². The Labute approximate surface area is 167 Å². The van der Waals surface area contributed by atoms with Crippen molar-refractivity contribution in [2.24, 2.45) is 7.05 Å². The summed E-state index contributed by atoms with van der Waals surface area (Å²) in [4.78, 5) is 11.2. The minimum atomic E-state index is -2.91. The summed E-state index contributed by atoms with van der Waals surface area (Å²) in [6.07, 6.45) is 2.31. The fourth-order valence-corrected chi connectivity index (χ4v) is 4.01. The number of fused-ring (bicyclic) bond motifs is 2. The lowest BCUT2D eigenvalue weighted by Gasteiger charge is -2.30. The highest BCUT2D eigenvalue weighted by molar-refractivity contribution is 5.95. The molecule has 150 valence electrons. The molecular formula is C21H21F2N5O. The van der Waals surface area contributed by atoms with Crippen LogP contribution in [0.3, 0.4) is 0 Å². The van der Waals surface area contributed by atoms with Gasteiger partial charge in [0.25, 0.3) is 0 Å². The maximum atomic E-state index is 12.7. The van der Waals surface area contributed by atoms with Gasteiger partial charge >= 0.3 is 6.61 Å². The number of imidazole rings is 1. The number of halogens is 2. The van der Waals surface area contributed by atoms with Gasteiger partial charge in [0.15, 0.2) is 0 Å². The number of aromatic nitrogens is 3. The van der Waals surface area contributed by atoms with Crippen molar-refractivity contribution in [1.29, 1.82) is 5.26 Å². The van der Waals surface area contributed by atoms with Crippen molar-refractivity contribution in [2.75, 3.05) is 11.4 Å². The molecule has 0 N–H and O–H groups in total. The standard InChI is InChI=1S/C21H21F2N5O/c1-12(2)20-26-17-11-28(7-6-18(17)27(20)3)19-13(9-24)10-25-16-5-4-14(8-15(16)19)29-21(22)23/h4-5,8,10,12,21H,6-7,11H2,1-3H3. The van der Waals surface area contributed by atoms with E-state index in [9.17, 15) is 14.0 Å². The molecular weight excluding hydrogens is 376 g/mol. The lowest BCUT2D eigenvalue weighted by molar-refractivity contribution is -0.0497. The van der Waals surface area contributed by atoms with Crippen molar-refractivity contribution in [1.82, 2.24) is 14.5 Å². The number of pyridine rings is 1. The SMILES string of the molecule is CC(C)c1nc2c(n1C)CCN(c1c(C#N)cnc3ccc(OC(F)F)cc13)C2. The maximum Gasteiger partial charge on any atom is 0.387 e. The molecule has 0 saturated heterocycles. The third-order valence-corrected chi connectivity index (χ3v) is 5.28. The molecule has 0 bridgehead atoms. The molecule has 2 aromatic heterocycles. The van der Waals surface area contributed by atoms with Crippen LogP contribution < -0.4 is 9.64 Å². The number of hydrogen-bond donors (Lipinski definition) is 0. The zero-order chi connectivity index (χ0) is 20.7. The van der Waals surface area contributed by atoms with Crippen LogP contribution in [0.25, 0.3) is 10.9 Å². The largest absolute Gasteiger partial charge is 0.435 e. The molecule has 8 heteroatoms. The third-order valence-electron chi connectivity index (χ3n) is 5.28. The molecule has 0 atom stereocenters. The van der Waals surface area contributed by atoms with Gasteiger partial charge in [-0.05, 0) is 18.2 Å². The van der Waals surface area contributed by atoms with E-state index in [0.29, 0.717) is 41.2 Å². The van der Waals surface area contributed by atoms with Crippen LogP contribution in [-0.4, -0.2) is 27.7 Å². The summed E-state index contributed by atoms with van der Waals surface area (Å²) in [5.74, 6) is 1.39. The van der Waals surface area contributed by atoms with Gasteiger partial charge in [-0.1, -0.05) is 13.8 Å². The van der Waals surface area contributed by atoms with E-state index in [2.05, 4.69) is 39.1 Å². The molecule has 1 aromatic carbocycles. The molecule has 0 aliphatic carbocycles. The number of ether oxygens (including phenoxy) is 1. The average molecular weight is 397 g/mol. The van der Waals surface area contributed by atoms with Crippen molar-refractivity contribution in [2.45, 2.75) is 39.3 Å². The van der Waals surface area contributed by atoms with Crippen LogP contribution in [0.1, 0.15) is 42.5 Å². The first kappa shape index (κ1) is 19.1. The topological polar surface area (TPSA) is 67.0 Å². The first-order valence-electron chi connectivity index (χ1n) is 9.46. The van der Waals surface area contributed by atoms with Crippen molar-refractivity contribution < 1.29 is 13.5 Å². The van der Waals surface area contributed by atoms with E-state index in [1.165, 1.54) is 24.0 Å². The van der Waals surface area contributed by atoms with Gasteiger partial charge in [-0.2, -0.15) is 14.0 Å². The van der Waals surface area contributed by atoms with Crippen LogP contribution in [0.5, 0.6) is 5.75 Å². The van der Waals surface area contributed by atoms with Gasteiger partial charge in [-0.15, -0.1) is 0 Å². The lowest BCUT2D eigenvalue weighted by Crippen LogP contribution is -2.32. The first-order chi connectivity index (χ1) is 13.9. The minimum absolute atomic E-state index is 0.0447. The summed E-state index contributed by atoms with van der Waals surface area (Å²) >= 11 is 0. The highest BCUT2D eigenvalue weighted by Gasteiger charge is 2.26. The van der Waals surface area contributed by atoms with E-state index in [4.69, 9.17) is 4.98 Å². The fraction of sp³-hybridized carbons (Fsp3) is 0.381. The number of benzene rings is 1. The summed E-state index contributed by atoms with van der Waals surface area (Å²) in [6, 6.07) is 6.80. The quantitative estimate of drug-likeness (QED) is 0.662. The summed E-state index contributed by atoms with van der Waals surface area (Å²) in [6.45, 7) is 2.55. The Morgan fingerprint density at radius 3 is 2.76 bits per heavy atom. The van der Waals surface area contributed by atoms with E-state index >= 15 is 0 Å². The van der Waals surface area contributed by atoms with E-state index < -0.39 is 6.61 Å². The van der Waals surface area contributed by atoms with Crippen molar-refractivity contribution in [3.8, 4) is 11.8 Å². The zero-order valence-corrected chi connectivity index (χ0v) is 16.5. The predicted octanol–water partition coefficient (Wildman–Crippen LogP) is 4.13. The molecule has 3 aromatic rings. The molecule has 3 heterocycles. The monoisotopic (exact) mass is 397 g/mol. The molecule has 0 unspecified atom stereocenters. The van der Waals surface area contributed by atoms with Gasteiger partial charge in [-0.3, -0.25) is 4.98 Å². The molecule has 0 saturated carbocycles. The molecule has 1 aliphatic heterocycles. The summed E-state index contributed by atoms with van der Waals surface area (Å²) in [5.41, 5.74) is 3.88. The number of nitriles is 1. The Bertz CT molecular complexity index is 1120. The van der Waals surface area contributed by atoms with Crippen molar-refractivity contribution in [3.63, 3.8) is 0 Å². The molecule has 4 rings (SSSR count). The Morgan fingerprint density at radius 1 is 1.28 bits per heavy atom. The Morgan fingerprint density at radius 2 is 2.07 bits per heavy atom. The van der Waals surface area contributed by atoms with Crippen LogP contribution >= 0.6 is 0 Å². The minimum Gasteiger partial charge on any atom is -0.435 e. The molecule has 6 nitrogen and oxygen atoms in total. The van der Waals surface area contributed by atoms with Gasteiger partial charge in [0.2, 0.25) is 0 Å². The van der Waals surface area contributed by atoms with Crippen LogP contribution in [0.15, 0.2) is 24.4 Å². The van der Waals surface area contributed by atoms with Crippen LogP contribution in [0.4, 0.5) is 14.5 Å². The summed E-state index contributed by atoms with van der Waals surface area (Å²) in [7, 11) is 2.04. The molecule has 1 aliphatic rings.